The van der Waals surface area contributed by atoms with Gasteiger partial charge in [-0.3, -0.25) is 4.79 Å². The number of hydrogen-bond acceptors (Lipinski definition) is 4. The maximum atomic E-state index is 10.5. The van der Waals surface area contributed by atoms with Crippen LogP contribution in [0.2, 0.25) is 0 Å². The molecular weight excluding hydrogens is 320 g/mol. The predicted molar refractivity (Wildman–Crippen MR) is 98.0 cm³/mol. The van der Waals surface area contributed by atoms with Crippen LogP contribution in [0.25, 0.3) is 0 Å². The molecule has 1 saturated carbocycles. The summed E-state index contributed by atoms with van der Waals surface area (Å²) in [4.78, 5) is 10.5. The van der Waals surface area contributed by atoms with Crippen molar-refractivity contribution in [3.63, 3.8) is 0 Å². The van der Waals surface area contributed by atoms with Gasteiger partial charge in [-0.25, -0.2) is 0 Å². The monoisotopic (exact) mass is 352 g/mol. The summed E-state index contributed by atoms with van der Waals surface area (Å²) < 4.78 is 0. The van der Waals surface area contributed by atoms with Crippen LogP contribution in [0.15, 0.2) is 36.5 Å². The first-order chi connectivity index (χ1) is 12.0. The third-order valence-corrected chi connectivity index (χ3v) is 4.59. The third kappa shape index (κ3) is 8.47. The fourth-order valence-electron chi connectivity index (χ4n) is 3.19. The second kappa shape index (κ2) is 12.0. The van der Waals surface area contributed by atoms with E-state index in [0.717, 1.165) is 6.42 Å². The van der Waals surface area contributed by atoms with E-state index in [2.05, 4.69) is 0 Å². The highest BCUT2D eigenvalue weighted by Gasteiger charge is 2.39. The van der Waals surface area contributed by atoms with Crippen molar-refractivity contribution >= 4 is 5.97 Å². The van der Waals surface area contributed by atoms with Crippen LogP contribution < -0.4 is 0 Å². The van der Waals surface area contributed by atoms with Crippen LogP contribution in [0.4, 0.5) is 0 Å². The van der Waals surface area contributed by atoms with Gasteiger partial charge in [-0.05, 0) is 38.0 Å². The normalized spacial score (nSPS) is 28.5. The van der Waals surface area contributed by atoms with Gasteiger partial charge in [-0.15, -0.1) is 0 Å². The molecule has 0 unspecified atom stereocenters. The van der Waals surface area contributed by atoms with E-state index in [1.54, 1.807) is 6.08 Å². The number of hydrogen-bond donors (Lipinski definition) is 4. The largest absolute Gasteiger partial charge is 0.481 e. The molecule has 1 aliphatic rings. The molecule has 142 valence electrons. The average molecular weight is 352 g/mol. The van der Waals surface area contributed by atoms with Gasteiger partial charge in [-0.2, -0.15) is 0 Å². The molecule has 0 aliphatic heterocycles. The van der Waals surface area contributed by atoms with Gasteiger partial charge in [0.15, 0.2) is 0 Å². The van der Waals surface area contributed by atoms with E-state index in [9.17, 15) is 20.1 Å². The van der Waals surface area contributed by atoms with Crippen molar-refractivity contribution in [2.45, 2.75) is 70.2 Å². The molecule has 0 heterocycles. The minimum atomic E-state index is -0.791. The van der Waals surface area contributed by atoms with Gasteiger partial charge in [0, 0.05) is 18.8 Å². The maximum absolute atomic E-state index is 10.5. The number of unbranched alkanes of at least 4 members (excludes halogenated alkanes) is 1. The van der Waals surface area contributed by atoms with E-state index in [1.165, 1.54) is 0 Å². The molecule has 4 N–H and O–H groups in total. The van der Waals surface area contributed by atoms with Crippen LogP contribution in [-0.2, 0) is 4.79 Å². The maximum Gasteiger partial charge on any atom is 0.303 e. The summed E-state index contributed by atoms with van der Waals surface area (Å²) in [5.74, 6) is -1.05. The number of aliphatic hydroxyl groups excluding tert-OH is 3. The highest BCUT2D eigenvalue weighted by Crippen LogP contribution is 2.36. The quantitative estimate of drug-likeness (QED) is 0.339. The minimum Gasteiger partial charge on any atom is -0.481 e. The summed E-state index contributed by atoms with van der Waals surface area (Å²) >= 11 is 0. The molecule has 5 nitrogen and oxygen atoms in total. The number of carboxylic acid groups (broad SMARTS) is 1. The Hall–Kier alpha value is -1.43. The first-order valence-electron chi connectivity index (χ1n) is 9.20. The fraction of sp³-hybridized carbons (Fsp3) is 0.650. The van der Waals surface area contributed by atoms with Crippen molar-refractivity contribution in [2.75, 3.05) is 0 Å². The van der Waals surface area contributed by atoms with Crippen molar-refractivity contribution in [1.29, 1.82) is 0 Å². The second-order valence-electron chi connectivity index (χ2n) is 6.67. The molecular formula is C20H32O5. The molecule has 0 spiro atoms. The van der Waals surface area contributed by atoms with Crippen molar-refractivity contribution in [2.24, 2.45) is 11.8 Å². The predicted octanol–water partition coefficient (Wildman–Crippen LogP) is 2.82. The van der Waals surface area contributed by atoms with Crippen molar-refractivity contribution in [1.82, 2.24) is 0 Å². The summed E-state index contributed by atoms with van der Waals surface area (Å²) in [6.45, 7) is 2.04. The third-order valence-electron chi connectivity index (χ3n) is 4.59. The van der Waals surface area contributed by atoms with Crippen molar-refractivity contribution in [3.05, 3.63) is 36.5 Å². The lowest BCUT2D eigenvalue weighted by molar-refractivity contribution is -0.137. The number of rotatable bonds is 11. The molecule has 0 aromatic rings. The van der Waals surface area contributed by atoms with Crippen LogP contribution >= 0.6 is 0 Å². The summed E-state index contributed by atoms with van der Waals surface area (Å²) in [6, 6.07) is 0. The second-order valence-corrected chi connectivity index (χ2v) is 6.67. The van der Waals surface area contributed by atoms with Crippen molar-refractivity contribution in [3.8, 4) is 0 Å². The standard InChI is InChI=1S/C20H32O5/c1-2-3-6-9-15(21)12-13-17-16(18(22)14-19(17)23)10-7-4-5-8-11-20(24)25/h3-4,6-7,12-13,15-19,21-23H,2,5,8-11,14H2,1H3,(H,24,25)/b6-3+,7-4+,13-12+/t15-,16+,17+,18-,19+/m1/s1. The minimum absolute atomic E-state index is 0.0830. The molecule has 0 saturated heterocycles. The van der Waals surface area contributed by atoms with Gasteiger partial charge in [0.25, 0.3) is 0 Å². The highest BCUT2D eigenvalue weighted by atomic mass is 16.4. The zero-order chi connectivity index (χ0) is 18.7. The molecule has 25 heavy (non-hydrogen) atoms. The van der Waals surface area contributed by atoms with Gasteiger partial charge in [0.05, 0.1) is 18.3 Å². The van der Waals surface area contributed by atoms with Crippen LogP contribution in [0, 0.1) is 11.8 Å². The lowest BCUT2D eigenvalue weighted by Crippen LogP contribution is -2.20. The molecule has 0 bridgehead atoms. The topological polar surface area (TPSA) is 98.0 Å². The van der Waals surface area contributed by atoms with E-state index in [4.69, 9.17) is 5.11 Å². The average Bonchev–Trinajstić information content (AvgIpc) is 2.82. The molecule has 0 radical (unpaired) electrons. The van der Waals surface area contributed by atoms with Gasteiger partial charge < -0.3 is 20.4 Å². The van der Waals surface area contributed by atoms with Crippen molar-refractivity contribution < 1.29 is 25.2 Å². The molecule has 0 amide bonds. The van der Waals surface area contributed by atoms with Crippen LogP contribution in [-0.4, -0.2) is 44.7 Å². The highest BCUT2D eigenvalue weighted by molar-refractivity contribution is 5.66. The van der Waals surface area contributed by atoms with Crippen LogP contribution in [0.1, 0.15) is 51.9 Å². The van der Waals surface area contributed by atoms with Gasteiger partial charge in [0.1, 0.15) is 0 Å². The van der Waals surface area contributed by atoms with E-state index in [0.29, 0.717) is 32.1 Å². The number of carboxylic acids is 1. The summed E-state index contributed by atoms with van der Waals surface area (Å²) in [5, 5.41) is 38.9. The first-order valence-corrected chi connectivity index (χ1v) is 9.20. The lowest BCUT2D eigenvalue weighted by atomic mass is 9.89. The molecule has 1 rings (SSSR count). The Kier molecular flexibility index (Phi) is 10.4. The number of aliphatic hydroxyl groups is 3. The zero-order valence-corrected chi connectivity index (χ0v) is 15.0. The Labute approximate surface area is 150 Å². The number of allylic oxidation sites excluding steroid dienone is 3. The van der Waals surface area contributed by atoms with E-state index >= 15 is 0 Å². The molecule has 0 aromatic carbocycles. The first kappa shape index (κ1) is 21.6. The van der Waals surface area contributed by atoms with Gasteiger partial charge >= 0.3 is 5.97 Å². The number of carbonyl (C=O) groups is 1. The summed E-state index contributed by atoms with van der Waals surface area (Å²) in [7, 11) is 0. The van der Waals surface area contributed by atoms with E-state index in [1.807, 2.05) is 37.3 Å². The fourth-order valence-corrected chi connectivity index (χ4v) is 3.19. The summed E-state index contributed by atoms with van der Waals surface area (Å²) in [5.41, 5.74) is 0. The molecule has 5 heteroatoms. The molecule has 0 aromatic heterocycles. The SMILES string of the molecule is CC/C=C/C[C@@H](O)/C=C/[C@H]1[C@H](C/C=C/CCCC(=O)O)[C@H](O)C[C@@H]1O. The molecule has 1 aliphatic carbocycles. The molecule has 5 atom stereocenters. The summed E-state index contributed by atoms with van der Waals surface area (Å²) in [6.07, 6.45) is 13.5. The van der Waals surface area contributed by atoms with Crippen LogP contribution in [0.5, 0.6) is 0 Å². The lowest BCUT2D eigenvalue weighted by Gasteiger charge is -2.19. The Morgan fingerprint density at radius 1 is 1.16 bits per heavy atom. The van der Waals surface area contributed by atoms with E-state index in [-0.39, 0.29) is 18.3 Å². The Balaban J connectivity index is 2.50. The number of aliphatic carboxylic acids is 1. The van der Waals surface area contributed by atoms with Crippen LogP contribution in [0.3, 0.4) is 0 Å². The Morgan fingerprint density at radius 3 is 2.60 bits per heavy atom. The molecule has 1 fully saturated rings. The van der Waals surface area contributed by atoms with Gasteiger partial charge in [-0.1, -0.05) is 43.4 Å². The van der Waals surface area contributed by atoms with E-state index < -0.39 is 24.3 Å². The Morgan fingerprint density at radius 2 is 1.92 bits per heavy atom. The Bertz CT molecular complexity index is 469. The smallest absolute Gasteiger partial charge is 0.303 e. The zero-order valence-electron chi connectivity index (χ0n) is 15.0. The van der Waals surface area contributed by atoms with Gasteiger partial charge in [0.2, 0.25) is 0 Å².